The van der Waals surface area contributed by atoms with E-state index in [1.165, 1.54) is 17.8 Å². The minimum absolute atomic E-state index is 0.0611. The number of carboxylic acid groups (broad SMARTS) is 1. The molecule has 9 nitrogen and oxygen atoms in total. The van der Waals surface area contributed by atoms with Crippen molar-refractivity contribution < 1.29 is 29.0 Å². The lowest BCUT2D eigenvalue weighted by Gasteiger charge is -2.17. The zero-order valence-corrected chi connectivity index (χ0v) is 19.5. The van der Waals surface area contributed by atoms with Gasteiger partial charge in [0, 0.05) is 17.7 Å². The molecule has 1 aliphatic rings. The monoisotopic (exact) mass is 485 g/mol. The Hall–Kier alpha value is -3.53. The molecule has 3 rings (SSSR count). The number of rotatable bonds is 10. The van der Waals surface area contributed by atoms with Crippen LogP contribution >= 0.6 is 11.8 Å². The Morgan fingerprint density at radius 3 is 2.62 bits per heavy atom. The molecule has 0 aliphatic carbocycles. The SMILES string of the molecule is CSCC[C@H](NC(=O)c1ccc(NC(=O)OC[C@@H]2CCC(=O)N2)cc1-c1ccccc1)C(=O)O. The number of thioether (sulfide) groups is 1. The maximum absolute atomic E-state index is 13.0. The summed E-state index contributed by atoms with van der Waals surface area (Å²) in [5, 5.41) is 17.4. The molecule has 34 heavy (non-hydrogen) atoms. The van der Waals surface area contributed by atoms with Crippen LogP contribution in [-0.4, -0.2) is 59.7 Å². The summed E-state index contributed by atoms with van der Waals surface area (Å²) >= 11 is 1.50. The van der Waals surface area contributed by atoms with E-state index >= 15 is 0 Å². The topological polar surface area (TPSA) is 134 Å². The molecule has 0 saturated carbocycles. The molecule has 10 heteroatoms. The molecule has 0 spiro atoms. The van der Waals surface area contributed by atoms with Crippen LogP contribution in [0.1, 0.15) is 29.6 Å². The number of nitrogens with one attached hydrogen (secondary N) is 3. The van der Waals surface area contributed by atoms with Crippen molar-refractivity contribution in [2.75, 3.05) is 23.9 Å². The lowest BCUT2D eigenvalue weighted by atomic mass is 9.98. The summed E-state index contributed by atoms with van der Waals surface area (Å²) in [7, 11) is 0. The van der Waals surface area contributed by atoms with Gasteiger partial charge in [-0.25, -0.2) is 9.59 Å². The summed E-state index contributed by atoms with van der Waals surface area (Å²) < 4.78 is 5.21. The van der Waals surface area contributed by atoms with Gasteiger partial charge in [0.15, 0.2) is 0 Å². The molecule has 180 valence electrons. The fourth-order valence-corrected chi connectivity index (χ4v) is 4.01. The number of hydrogen-bond donors (Lipinski definition) is 4. The molecule has 2 aromatic carbocycles. The molecule has 4 N–H and O–H groups in total. The van der Waals surface area contributed by atoms with Crippen molar-refractivity contribution in [1.82, 2.24) is 10.6 Å². The van der Waals surface area contributed by atoms with Gasteiger partial charge in [-0.3, -0.25) is 14.9 Å². The number of aliphatic carboxylic acids is 1. The van der Waals surface area contributed by atoms with Crippen LogP contribution in [0.5, 0.6) is 0 Å². The van der Waals surface area contributed by atoms with Gasteiger partial charge in [0.1, 0.15) is 12.6 Å². The van der Waals surface area contributed by atoms with Crippen molar-refractivity contribution in [3.8, 4) is 11.1 Å². The van der Waals surface area contributed by atoms with Gasteiger partial charge in [0.25, 0.3) is 5.91 Å². The zero-order valence-electron chi connectivity index (χ0n) is 18.7. The van der Waals surface area contributed by atoms with E-state index in [0.29, 0.717) is 36.3 Å². The molecular formula is C24H27N3O6S. The normalized spacial score (nSPS) is 15.8. The highest BCUT2D eigenvalue weighted by atomic mass is 32.2. The molecule has 0 bridgehead atoms. The lowest BCUT2D eigenvalue weighted by Crippen LogP contribution is -2.41. The van der Waals surface area contributed by atoms with E-state index in [1.807, 2.05) is 36.6 Å². The average molecular weight is 486 g/mol. The fourth-order valence-electron chi connectivity index (χ4n) is 3.54. The first-order valence-electron chi connectivity index (χ1n) is 10.8. The summed E-state index contributed by atoms with van der Waals surface area (Å²) in [6.45, 7) is 0.0657. The highest BCUT2D eigenvalue weighted by molar-refractivity contribution is 7.98. The molecule has 1 heterocycles. The standard InChI is InChI=1S/C24H27N3O6S/c1-34-12-11-20(23(30)31)27-22(29)18-9-7-16(13-19(18)15-5-3-2-4-6-15)26-24(32)33-14-17-8-10-21(28)25-17/h2-7,9,13,17,20H,8,10-12,14H2,1H3,(H,25,28)(H,26,32)(H,27,29)(H,30,31)/t17-,20-/m0/s1. The molecule has 1 fully saturated rings. The van der Waals surface area contributed by atoms with Crippen LogP contribution in [-0.2, 0) is 14.3 Å². The first-order chi connectivity index (χ1) is 16.4. The van der Waals surface area contributed by atoms with E-state index in [9.17, 15) is 24.3 Å². The Morgan fingerprint density at radius 2 is 1.97 bits per heavy atom. The van der Waals surface area contributed by atoms with E-state index < -0.39 is 24.0 Å². The van der Waals surface area contributed by atoms with E-state index in [2.05, 4.69) is 16.0 Å². The van der Waals surface area contributed by atoms with Crippen molar-refractivity contribution >= 4 is 41.3 Å². The Kier molecular flexibility index (Phi) is 8.92. The number of anilines is 1. The minimum atomic E-state index is -1.09. The predicted molar refractivity (Wildman–Crippen MR) is 130 cm³/mol. The summed E-state index contributed by atoms with van der Waals surface area (Å²) in [6, 6.07) is 12.6. The highest BCUT2D eigenvalue weighted by Gasteiger charge is 2.24. The van der Waals surface area contributed by atoms with Gasteiger partial charge in [-0.2, -0.15) is 11.8 Å². The molecule has 1 saturated heterocycles. The Bertz CT molecular complexity index is 1050. The smallest absolute Gasteiger partial charge is 0.411 e. The molecule has 3 amide bonds. The van der Waals surface area contributed by atoms with Gasteiger partial charge in [-0.1, -0.05) is 30.3 Å². The highest BCUT2D eigenvalue weighted by Crippen LogP contribution is 2.27. The summed E-state index contributed by atoms with van der Waals surface area (Å²) in [4.78, 5) is 48.1. The summed E-state index contributed by atoms with van der Waals surface area (Å²) in [6.07, 6.45) is 2.52. The second-order valence-corrected chi connectivity index (χ2v) is 8.78. The van der Waals surface area contributed by atoms with Crippen LogP contribution in [0.3, 0.4) is 0 Å². The third-order valence-corrected chi connectivity index (χ3v) is 5.95. The molecular weight excluding hydrogens is 458 g/mol. The fraction of sp³-hybridized carbons (Fsp3) is 0.333. The summed E-state index contributed by atoms with van der Waals surface area (Å²) in [5.41, 5.74) is 1.96. The van der Waals surface area contributed by atoms with Crippen LogP contribution in [0.15, 0.2) is 48.5 Å². The second-order valence-electron chi connectivity index (χ2n) is 7.80. The zero-order chi connectivity index (χ0) is 24.5. The van der Waals surface area contributed by atoms with Gasteiger partial charge in [-0.15, -0.1) is 0 Å². The van der Waals surface area contributed by atoms with Gasteiger partial charge in [0.05, 0.1) is 6.04 Å². The van der Waals surface area contributed by atoms with Gasteiger partial charge < -0.3 is 20.5 Å². The molecule has 2 aromatic rings. The van der Waals surface area contributed by atoms with Crippen LogP contribution in [0.4, 0.5) is 10.5 Å². The predicted octanol–water partition coefficient (Wildman–Crippen LogP) is 3.12. The molecule has 1 aliphatic heterocycles. The van der Waals surface area contributed by atoms with Crippen molar-refractivity contribution in [3.63, 3.8) is 0 Å². The molecule has 0 unspecified atom stereocenters. The van der Waals surface area contributed by atoms with Crippen molar-refractivity contribution in [3.05, 3.63) is 54.1 Å². The number of benzene rings is 2. The number of amides is 3. The lowest BCUT2D eigenvalue weighted by molar-refractivity contribution is -0.139. The minimum Gasteiger partial charge on any atom is -0.480 e. The van der Waals surface area contributed by atoms with Crippen LogP contribution in [0.2, 0.25) is 0 Å². The van der Waals surface area contributed by atoms with Gasteiger partial charge in [0.2, 0.25) is 5.91 Å². The first kappa shape index (κ1) is 25.1. The van der Waals surface area contributed by atoms with E-state index in [1.54, 1.807) is 12.1 Å². The van der Waals surface area contributed by atoms with Gasteiger partial charge >= 0.3 is 12.1 Å². The second kappa shape index (κ2) is 12.1. The number of ether oxygens (including phenoxy) is 1. The Balaban J connectivity index is 1.76. The summed E-state index contributed by atoms with van der Waals surface area (Å²) in [5.74, 6) is -1.08. The maximum atomic E-state index is 13.0. The largest absolute Gasteiger partial charge is 0.480 e. The van der Waals surface area contributed by atoms with Crippen LogP contribution < -0.4 is 16.0 Å². The van der Waals surface area contributed by atoms with Crippen molar-refractivity contribution in [2.24, 2.45) is 0 Å². The Morgan fingerprint density at radius 1 is 1.21 bits per heavy atom. The van der Waals surface area contributed by atoms with E-state index in [4.69, 9.17) is 4.74 Å². The maximum Gasteiger partial charge on any atom is 0.411 e. The van der Waals surface area contributed by atoms with Crippen molar-refractivity contribution in [2.45, 2.75) is 31.3 Å². The Labute approximate surface area is 201 Å². The quantitative estimate of drug-likeness (QED) is 0.406. The van der Waals surface area contributed by atoms with E-state index in [-0.39, 0.29) is 24.1 Å². The number of carbonyl (C=O) groups excluding carboxylic acids is 3. The number of carboxylic acids is 1. The third kappa shape index (κ3) is 6.98. The molecule has 0 radical (unpaired) electrons. The molecule has 0 aromatic heterocycles. The van der Waals surface area contributed by atoms with E-state index in [0.717, 1.165) is 5.56 Å². The molecule has 2 atom stereocenters. The van der Waals surface area contributed by atoms with Crippen LogP contribution in [0.25, 0.3) is 11.1 Å². The van der Waals surface area contributed by atoms with Gasteiger partial charge in [-0.05, 0) is 54.2 Å². The average Bonchev–Trinajstić information content (AvgIpc) is 3.25. The number of carbonyl (C=O) groups is 4. The first-order valence-corrected chi connectivity index (χ1v) is 12.2. The third-order valence-electron chi connectivity index (χ3n) is 5.31. The van der Waals surface area contributed by atoms with Crippen LogP contribution in [0, 0.1) is 0 Å². The number of hydrogen-bond acceptors (Lipinski definition) is 6. The van der Waals surface area contributed by atoms with Crippen molar-refractivity contribution in [1.29, 1.82) is 0 Å².